The number of alkyl halides is 7. The molecule has 0 bridgehead atoms. The third kappa shape index (κ3) is 12.4. The van der Waals surface area contributed by atoms with E-state index < -0.39 is 47.0 Å². The Morgan fingerprint density at radius 3 is 1.72 bits per heavy atom. The second kappa shape index (κ2) is 18.6. The molecule has 2 aromatic rings. The summed E-state index contributed by atoms with van der Waals surface area (Å²) in [5.41, 5.74) is -3.82. The molecule has 3 heterocycles. The van der Waals surface area contributed by atoms with Crippen LogP contribution in [0.2, 0.25) is 0 Å². The van der Waals surface area contributed by atoms with Gasteiger partial charge in [0.15, 0.2) is 0 Å². The summed E-state index contributed by atoms with van der Waals surface area (Å²) in [6, 6.07) is 0. The minimum absolute atomic E-state index is 0. The lowest BCUT2D eigenvalue weighted by Crippen LogP contribution is -2.41. The maximum atomic E-state index is 12.4. The standard InChI is InChI=1S/C11H14F2N2.C10H15BF2N2O2.C8H11F3O3S.3CH4/c1-8-2-4-9(5-3-8)10-6-14-15(7-10)11(12)13;1-9(2)10(3,4)17-11(16-9)7-5-14-15(6-7)8(12)13;1-6-2-4-7(5-3-6)14-15(12,13)8(9,10)11;;;/h4,6-8,11H,2-3,5H2,1H3;5-6,8H,1-4H3;4,6H,2-3,5H2,1H3;3*1H4. The number of halogens is 7. The van der Waals surface area contributed by atoms with Crippen molar-refractivity contribution in [2.45, 2.75) is 132 Å². The lowest BCUT2D eigenvalue weighted by Gasteiger charge is -2.32. The molecule has 2 atom stereocenters. The van der Waals surface area contributed by atoms with Crippen molar-refractivity contribution in [2.75, 3.05) is 0 Å². The van der Waals surface area contributed by atoms with Crippen LogP contribution in [0.1, 0.15) is 121 Å². The highest BCUT2D eigenvalue weighted by molar-refractivity contribution is 7.87. The van der Waals surface area contributed by atoms with Crippen molar-refractivity contribution in [3.05, 3.63) is 48.3 Å². The molecule has 0 amide bonds. The van der Waals surface area contributed by atoms with Crippen molar-refractivity contribution < 1.29 is 52.6 Å². The van der Waals surface area contributed by atoms with Crippen LogP contribution in [-0.2, 0) is 23.6 Å². The van der Waals surface area contributed by atoms with Gasteiger partial charge in [0, 0.05) is 36.0 Å². The molecule has 288 valence electrons. The number of hydrogen-bond acceptors (Lipinski definition) is 7. The van der Waals surface area contributed by atoms with Gasteiger partial charge >= 0.3 is 35.8 Å². The van der Waals surface area contributed by atoms with Crippen LogP contribution in [0, 0.1) is 11.8 Å². The molecular formula is C32H52BF7N4O5S. The van der Waals surface area contributed by atoms with Gasteiger partial charge in [-0.3, -0.25) is 0 Å². The fourth-order valence-electron chi connectivity index (χ4n) is 4.60. The lowest BCUT2D eigenvalue weighted by atomic mass is 9.82. The minimum Gasteiger partial charge on any atom is -0.399 e. The van der Waals surface area contributed by atoms with E-state index in [0.717, 1.165) is 30.4 Å². The molecule has 5 rings (SSSR count). The summed E-state index contributed by atoms with van der Waals surface area (Å²) in [6.45, 7) is 6.58. The quantitative estimate of drug-likeness (QED) is 0.126. The molecule has 2 aromatic heterocycles. The molecule has 0 spiro atoms. The summed E-state index contributed by atoms with van der Waals surface area (Å²) in [5, 5.41) is 7.20. The van der Waals surface area contributed by atoms with Gasteiger partial charge in [-0.1, -0.05) is 42.2 Å². The van der Waals surface area contributed by atoms with Gasteiger partial charge in [0.2, 0.25) is 0 Å². The van der Waals surface area contributed by atoms with Crippen LogP contribution in [0.3, 0.4) is 0 Å². The van der Waals surface area contributed by atoms with Crippen LogP contribution in [0.25, 0.3) is 5.57 Å². The van der Waals surface area contributed by atoms with E-state index in [4.69, 9.17) is 9.31 Å². The molecule has 18 heteroatoms. The summed E-state index contributed by atoms with van der Waals surface area (Å²) in [5.74, 6) is 0.954. The molecule has 0 aromatic carbocycles. The largest absolute Gasteiger partial charge is 0.534 e. The lowest BCUT2D eigenvalue weighted by molar-refractivity contribution is -0.0524. The Morgan fingerprint density at radius 1 is 0.840 bits per heavy atom. The Morgan fingerprint density at radius 2 is 1.32 bits per heavy atom. The first kappa shape index (κ1) is 47.1. The van der Waals surface area contributed by atoms with E-state index in [1.165, 1.54) is 30.9 Å². The van der Waals surface area contributed by atoms with Crippen molar-refractivity contribution in [2.24, 2.45) is 11.8 Å². The zero-order chi connectivity index (χ0) is 35.4. The molecule has 2 aliphatic carbocycles. The van der Waals surface area contributed by atoms with Crippen molar-refractivity contribution in [1.82, 2.24) is 19.6 Å². The smallest absolute Gasteiger partial charge is 0.399 e. The molecule has 9 nitrogen and oxygen atoms in total. The average molecular weight is 749 g/mol. The molecule has 2 unspecified atom stereocenters. The number of hydrogen-bond donors (Lipinski definition) is 0. The predicted molar refractivity (Wildman–Crippen MR) is 181 cm³/mol. The van der Waals surface area contributed by atoms with Crippen LogP contribution in [0.5, 0.6) is 0 Å². The fourth-order valence-corrected chi connectivity index (χ4v) is 5.13. The van der Waals surface area contributed by atoms with E-state index in [1.807, 2.05) is 34.6 Å². The molecule has 0 radical (unpaired) electrons. The van der Waals surface area contributed by atoms with E-state index >= 15 is 0 Å². The molecule has 0 saturated carbocycles. The zero-order valence-corrected chi connectivity index (χ0v) is 27.8. The van der Waals surface area contributed by atoms with Crippen molar-refractivity contribution in [1.29, 1.82) is 0 Å². The molecule has 0 N–H and O–H groups in total. The molecule has 1 saturated heterocycles. The van der Waals surface area contributed by atoms with Gasteiger partial charge in [0.1, 0.15) is 5.76 Å². The van der Waals surface area contributed by atoms with Gasteiger partial charge in [0.05, 0.1) is 17.4 Å². The first-order valence-corrected chi connectivity index (χ1v) is 16.4. The fraction of sp³-hybridized carbons (Fsp3) is 0.688. The van der Waals surface area contributed by atoms with E-state index in [1.54, 1.807) is 0 Å². The zero-order valence-electron chi connectivity index (χ0n) is 27.0. The summed E-state index contributed by atoms with van der Waals surface area (Å²) in [4.78, 5) is 0. The van der Waals surface area contributed by atoms with Crippen LogP contribution in [-0.4, -0.2) is 51.8 Å². The number of rotatable bonds is 6. The van der Waals surface area contributed by atoms with Crippen LogP contribution >= 0.6 is 0 Å². The van der Waals surface area contributed by atoms with Crippen molar-refractivity contribution in [3.63, 3.8) is 0 Å². The first-order chi connectivity index (χ1) is 21.6. The Labute approximate surface area is 292 Å². The molecule has 50 heavy (non-hydrogen) atoms. The normalized spacial score (nSPS) is 21.2. The highest BCUT2D eigenvalue weighted by Crippen LogP contribution is 2.36. The Bertz CT molecular complexity index is 1490. The monoisotopic (exact) mass is 748 g/mol. The highest BCUT2D eigenvalue weighted by atomic mass is 32.2. The van der Waals surface area contributed by atoms with Crippen LogP contribution < -0.4 is 5.46 Å². The van der Waals surface area contributed by atoms with Crippen molar-refractivity contribution in [3.8, 4) is 0 Å². The van der Waals surface area contributed by atoms with Gasteiger partial charge in [-0.05, 0) is 83.3 Å². The Kier molecular flexibility index (Phi) is 17.5. The van der Waals surface area contributed by atoms with Gasteiger partial charge in [-0.2, -0.15) is 49.3 Å². The Balaban J connectivity index is 0.000000701. The second-order valence-corrected chi connectivity index (χ2v) is 14.3. The van der Waals surface area contributed by atoms with Crippen molar-refractivity contribution >= 4 is 28.3 Å². The molecule has 1 fully saturated rings. The van der Waals surface area contributed by atoms with E-state index in [9.17, 15) is 39.2 Å². The van der Waals surface area contributed by atoms with Gasteiger partial charge < -0.3 is 13.5 Å². The topological polar surface area (TPSA) is 97.5 Å². The van der Waals surface area contributed by atoms with E-state index in [0.29, 0.717) is 39.5 Å². The SMILES string of the molecule is C.C.C.CC1(C)OB(c2cnn(C(F)F)c2)OC1(C)C.CC1CC=C(OS(=O)(=O)C(F)(F)F)CC1.CC1CC=C(c2cnn(C(F)F)c2)CC1. The van der Waals surface area contributed by atoms with Gasteiger partial charge in [-0.25, -0.2) is 9.36 Å². The summed E-state index contributed by atoms with van der Waals surface area (Å²) in [6.07, 6.45) is 13.6. The summed E-state index contributed by atoms with van der Waals surface area (Å²) in [7, 11) is -6.13. The third-order valence-electron chi connectivity index (χ3n) is 8.32. The predicted octanol–water partition coefficient (Wildman–Crippen LogP) is 9.52. The summed E-state index contributed by atoms with van der Waals surface area (Å²) < 4.78 is 123. The van der Waals surface area contributed by atoms with E-state index in [-0.39, 0.29) is 34.5 Å². The number of nitrogens with zero attached hydrogens (tertiary/aromatic N) is 4. The summed E-state index contributed by atoms with van der Waals surface area (Å²) >= 11 is 0. The average Bonchev–Trinajstić information content (AvgIpc) is 3.69. The number of allylic oxidation sites excluding steroid dienone is 4. The minimum atomic E-state index is -5.48. The maximum Gasteiger partial charge on any atom is 0.534 e. The third-order valence-corrected chi connectivity index (χ3v) is 9.32. The van der Waals surface area contributed by atoms with E-state index in [2.05, 4.69) is 27.4 Å². The second-order valence-electron chi connectivity index (χ2n) is 12.7. The molecule has 1 aliphatic heterocycles. The number of aromatic nitrogens is 4. The van der Waals surface area contributed by atoms with Crippen LogP contribution in [0.4, 0.5) is 30.7 Å². The molecule has 3 aliphatic rings. The van der Waals surface area contributed by atoms with Gasteiger partial charge in [-0.15, -0.1) is 0 Å². The Hall–Kier alpha value is -2.86. The first-order valence-electron chi connectivity index (χ1n) is 15.0. The van der Waals surface area contributed by atoms with Gasteiger partial charge in [0.25, 0.3) is 0 Å². The molecular weight excluding hydrogens is 696 g/mol. The van der Waals surface area contributed by atoms with Crippen LogP contribution in [0.15, 0.2) is 42.7 Å². The maximum absolute atomic E-state index is 12.4. The highest BCUT2D eigenvalue weighted by Gasteiger charge is 2.52.